The summed E-state index contributed by atoms with van der Waals surface area (Å²) < 4.78 is 26.0. The smallest absolute Gasteiger partial charge is 0.244 e. The summed E-state index contributed by atoms with van der Waals surface area (Å²) >= 11 is 6.10. The molecule has 1 heterocycles. The first-order valence-corrected chi connectivity index (χ1v) is 13.0. The molecule has 0 bridgehead atoms. The SMILES string of the molecule is CC(C(=O)Nc1ccc(Cl)c(S(=O)(=O)N(C)C)c1)N1CCN(CC2CCCCC2)CC1. The van der Waals surface area contributed by atoms with Gasteiger partial charge in [-0.05, 0) is 43.9 Å². The van der Waals surface area contributed by atoms with Crippen molar-refractivity contribution in [3.63, 3.8) is 0 Å². The fraction of sp³-hybridized carbons (Fsp3) is 0.682. The molecule has 1 unspecified atom stereocenters. The Morgan fingerprint density at radius 2 is 1.81 bits per heavy atom. The minimum atomic E-state index is -3.69. The molecule has 1 saturated heterocycles. The Kier molecular flexibility index (Phi) is 8.37. The molecular formula is C22H35ClN4O3S. The Bertz CT molecular complexity index is 864. The number of hydrogen-bond acceptors (Lipinski definition) is 5. The zero-order valence-electron chi connectivity index (χ0n) is 18.8. The number of carbonyl (C=O) groups is 1. The average Bonchev–Trinajstić information content (AvgIpc) is 2.75. The van der Waals surface area contributed by atoms with Gasteiger partial charge in [-0.3, -0.25) is 9.69 Å². The minimum absolute atomic E-state index is 0.0130. The van der Waals surface area contributed by atoms with E-state index in [4.69, 9.17) is 11.6 Å². The highest BCUT2D eigenvalue weighted by Gasteiger charge is 2.28. The third-order valence-corrected chi connectivity index (χ3v) is 8.83. The van der Waals surface area contributed by atoms with E-state index in [9.17, 15) is 13.2 Å². The van der Waals surface area contributed by atoms with Crippen molar-refractivity contribution in [1.82, 2.24) is 14.1 Å². The van der Waals surface area contributed by atoms with Crippen LogP contribution in [-0.4, -0.2) is 81.3 Å². The second kappa shape index (κ2) is 10.6. The molecule has 31 heavy (non-hydrogen) atoms. The van der Waals surface area contributed by atoms with Crippen LogP contribution in [0.4, 0.5) is 5.69 Å². The maximum absolute atomic E-state index is 12.8. The van der Waals surface area contributed by atoms with Crippen molar-refractivity contribution in [1.29, 1.82) is 0 Å². The number of amides is 1. The summed E-state index contributed by atoms with van der Waals surface area (Å²) in [5, 5.41) is 2.99. The van der Waals surface area contributed by atoms with Crippen molar-refractivity contribution in [2.45, 2.75) is 50.0 Å². The van der Waals surface area contributed by atoms with E-state index in [0.29, 0.717) is 5.69 Å². The van der Waals surface area contributed by atoms with Crippen molar-refractivity contribution >= 4 is 33.2 Å². The van der Waals surface area contributed by atoms with E-state index < -0.39 is 10.0 Å². The van der Waals surface area contributed by atoms with Crippen LogP contribution in [0.15, 0.2) is 23.1 Å². The van der Waals surface area contributed by atoms with Gasteiger partial charge in [0.1, 0.15) is 4.90 Å². The van der Waals surface area contributed by atoms with Gasteiger partial charge in [0, 0.05) is 52.5 Å². The maximum atomic E-state index is 12.8. The van der Waals surface area contributed by atoms with Crippen LogP contribution < -0.4 is 5.32 Å². The third kappa shape index (κ3) is 6.20. The lowest BCUT2D eigenvalue weighted by molar-refractivity contribution is -0.121. The van der Waals surface area contributed by atoms with Gasteiger partial charge >= 0.3 is 0 Å². The largest absolute Gasteiger partial charge is 0.325 e. The summed E-state index contributed by atoms with van der Waals surface area (Å²) in [5.41, 5.74) is 0.428. The molecule has 7 nitrogen and oxygen atoms in total. The van der Waals surface area contributed by atoms with Gasteiger partial charge < -0.3 is 10.2 Å². The topological polar surface area (TPSA) is 73.0 Å². The fourth-order valence-electron chi connectivity index (χ4n) is 4.46. The van der Waals surface area contributed by atoms with E-state index in [1.807, 2.05) is 6.92 Å². The van der Waals surface area contributed by atoms with Crippen LogP contribution >= 0.6 is 11.6 Å². The number of carbonyl (C=O) groups excluding carboxylic acids is 1. The Balaban J connectivity index is 1.55. The number of benzene rings is 1. The highest BCUT2D eigenvalue weighted by atomic mass is 35.5. The van der Waals surface area contributed by atoms with Gasteiger partial charge in [0.15, 0.2) is 0 Å². The Morgan fingerprint density at radius 3 is 2.42 bits per heavy atom. The van der Waals surface area contributed by atoms with Gasteiger partial charge in [0.2, 0.25) is 15.9 Å². The van der Waals surface area contributed by atoms with E-state index in [2.05, 4.69) is 15.1 Å². The number of nitrogens with zero attached hydrogens (tertiary/aromatic N) is 3. The molecule has 2 fully saturated rings. The summed E-state index contributed by atoms with van der Waals surface area (Å²) in [5.74, 6) is 0.690. The van der Waals surface area contributed by atoms with Crippen LogP contribution in [0.1, 0.15) is 39.0 Å². The van der Waals surface area contributed by atoms with E-state index in [0.717, 1.165) is 36.4 Å². The van der Waals surface area contributed by atoms with E-state index in [1.165, 1.54) is 64.9 Å². The molecule has 0 aromatic heterocycles. The van der Waals surface area contributed by atoms with Crippen LogP contribution in [0.25, 0.3) is 0 Å². The quantitative estimate of drug-likeness (QED) is 0.662. The lowest BCUT2D eigenvalue weighted by Crippen LogP contribution is -2.53. The molecule has 1 N–H and O–H groups in total. The normalized spacial score (nSPS) is 20.7. The number of hydrogen-bond donors (Lipinski definition) is 1. The van der Waals surface area contributed by atoms with Crippen molar-refractivity contribution < 1.29 is 13.2 Å². The van der Waals surface area contributed by atoms with Crippen LogP contribution in [0.2, 0.25) is 5.02 Å². The molecule has 0 radical (unpaired) electrons. The number of nitrogens with one attached hydrogen (secondary N) is 1. The summed E-state index contributed by atoms with van der Waals surface area (Å²) in [6.07, 6.45) is 6.82. The second-order valence-electron chi connectivity index (χ2n) is 8.94. The molecule has 1 aliphatic heterocycles. The van der Waals surface area contributed by atoms with Crippen LogP contribution in [-0.2, 0) is 14.8 Å². The number of halogens is 1. The first-order chi connectivity index (χ1) is 14.7. The Morgan fingerprint density at radius 1 is 1.16 bits per heavy atom. The predicted molar refractivity (Wildman–Crippen MR) is 125 cm³/mol. The molecule has 1 aromatic rings. The molecule has 1 amide bonds. The van der Waals surface area contributed by atoms with Crippen LogP contribution in [0.5, 0.6) is 0 Å². The zero-order valence-corrected chi connectivity index (χ0v) is 20.4. The standard InChI is InChI=1S/C22H35ClN4O3S/c1-17(27-13-11-26(12-14-27)16-18-7-5-4-6-8-18)22(28)24-19-9-10-20(23)21(15-19)31(29,30)25(2)3/h9-10,15,17-18H,4-8,11-14,16H2,1-3H3,(H,24,28). The highest BCUT2D eigenvalue weighted by molar-refractivity contribution is 7.89. The molecule has 0 spiro atoms. The van der Waals surface area contributed by atoms with Gasteiger partial charge in [-0.25, -0.2) is 12.7 Å². The minimum Gasteiger partial charge on any atom is -0.325 e. The highest BCUT2D eigenvalue weighted by Crippen LogP contribution is 2.27. The van der Waals surface area contributed by atoms with Gasteiger partial charge in [-0.2, -0.15) is 0 Å². The molecule has 1 saturated carbocycles. The third-order valence-electron chi connectivity index (χ3n) is 6.53. The first-order valence-electron chi connectivity index (χ1n) is 11.2. The lowest BCUT2D eigenvalue weighted by atomic mass is 9.89. The monoisotopic (exact) mass is 470 g/mol. The summed E-state index contributed by atoms with van der Waals surface area (Å²) in [7, 11) is -0.788. The van der Waals surface area contributed by atoms with Gasteiger partial charge in [0.25, 0.3) is 0 Å². The summed E-state index contributed by atoms with van der Waals surface area (Å²) in [4.78, 5) is 17.5. The van der Waals surface area contributed by atoms with Crippen LogP contribution in [0.3, 0.4) is 0 Å². The Hall–Kier alpha value is -1.19. The van der Waals surface area contributed by atoms with Gasteiger partial charge in [0.05, 0.1) is 11.1 Å². The zero-order chi connectivity index (χ0) is 22.6. The maximum Gasteiger partial charge on any atom is 0.244 e. The van der Waals surface area contributed by atoms with Crippen molar-refractivity contribution in [2.24, 2.45) is 5.92 Å². The Labute approximate surface area is 191 Å². The predicted octanol–water partition coefficient (Wildman–Crippen LogP) is 3.12. The number of rotatable bonds is 7. The van der Waals surface area contributed by atoms with Crippen molar-refractivity contribution in [3.05, 3.63) is 23.2 Å². The second-order valence-corrected chi connectivity index (χ2v) is 11.5. The van der Waals surface area contributed by atoms with E-state index in [-0.39, 0.29) is 21.9 Å². The number of anilines is 1. The number of piperazine rings is 1. The van der Waals surface area contributed by atoms with E-state index >= 15 is 0 Å². The fourth-order valence-corrected chi connectivity index (χ4v) is 5.85. The number of sulfonamides is 1. The molecule has 1 aliphatic carbocycles. The van der Waals surface area contributed by atoms with Crippen molar-refractivity contribution in [3.8, 4) is 0 Å². The molecule has 174 valence electrons. The van der Waals surface area contributed by atoms with Crippen molar-refractivity contribution in [2.75, 3.05) is 52.1 Å². The molecule has 1 aromatic carbocycles. The first kappa shape index (κ1) is 24.5. The summed E-state index contributed by atoms with van der Waals surface area (Å²) in [6, 6.07) is 4.26. The molecule has 1 atom stereocenters. The van der Waals surface area contributed by atoms with E-state index in [1.54, 1.807) is 6.07 Å². The molecular weight excluding hydrogens is 436 g/mol. The average molecular weight is 471 g/mol. The van der Waals surface area contributed by atoms with Gasteiger partial charge in [-0.1, -0.05) is 30.9 Å². The summed E-state index contributed by atoms with van der Waals surface area (Å²) in [6.45, 7) is 6.78. The molecule has 3 rings (SSSR count). The lowest BCUT2D eigenvalue weighted by Gasteiger charge is -2.39. The van der Waals surface area contributed by atoms with Crippen LogP contribution in [0, 0.1) is 5.92 Å². The molecule has 2 aliphatic rings. The van der Waals surface area contributed by atoms with Gasteiger partial charge in [-0.15, -0.1) is 0 Å². The molecule has 9 heteroatoms.